The van der Waals surface area contributed by atoms with Crippen molar-refractivity contribution in [2.75, 3.05) is 18.9 Å². The van der Waals surface area contributed by atoms with Crippen molar-refractivity contribution in [1.82, 2.24) is 29.1 Å². The first kappa shape index (κ1) is 29.3. The fraction of sp³-hybridized carbons (Fsp3) is 0.565. The fourth-order valence-electron chi connectivity index (χ4n) is 6.79. The van der Waals surface area contributed by atoms with Gasteiger partial charge in [0.05, 0.1) is 31.9 Å². The Balaban J connectivity index is 1.10. The second kappa shape index (κ2) is 9.97. The molecule has 18 nitrogen and oxygen atoms in total. The number of hydrogen-bond donors (Lipinski definition) is 3. The molecule has 0 bridgehead atoms. The van der Waals surface area contributed by atoms with Crippen molar-refractivity contribution < 1.29 is 55.3 Å². The number of fused-ring (bicyclic) bond motifs is 3. The number of aliphatic imine (C=N–C) groups is 1. The summed E-state index contributed by atoms with van der Waals surface area (Å²) < 4.78 is 87.8. The van der Waals surface area contributed by atoms with Crippen LogP contribution in [0.15, 0.2) is 24.0 Å². The van der Waals surface area contributed by atoms with Crippen LogP contribution >= 0.6 is 15.6 Å². The van der Waals surface area contributed by atoms with E-state index in [0.29, 0.717) is 0 Å². The van der Waals surface area contributed by atoms with Gasteiger partial charge in [-0.25, -0.2) is 42.8 Å². The molecule has 8 rings (SSSR count). The van der Waals surface area contributed by atoms with Crippen LogP contribution in [-0.2, 0) is 32.0 Å². The standard InChI is InChI=1S/C23H24F2N8O10P2/c24-12-16(32-7-31-15-19(26)28-6-29-21(15)32)9-3-23(9)5-40-45(37,38)42-17-11(4-39-44(35,36)43-18(12)23)41-22(13(17)25)33-8-30-14-10(34)1-2-27-20(14)33/h2,6-9,11-13,16-18,22H,1,3-5H2,(H,35,36)(H,37,38)(H2,26,28,29)/t9-,11-,12+,13-,16-,17-,18+,22-,23-/m1/s1. The molecule has 2 aliphatic carbocycles. The molecular weight excluding hydrogens is 648 g/mol. The number of aromatic nitrogens is 6. The summed E-state index contributed by atoms with van der Waals surface area (Å²) in [5.41, 5.74) is 4.90. The molecule has 6 heterocycles. The smallest absolute Gasteiger partial charge is 0.382 e. The van der Waals surface area contributed by atoms with Gasteiger partial charge in [0.15, 0.2) is 41.2 Å². The lowest BCUT2D eigenvalue weighted by atomic mass is 10.0. The Morgan fingerprint density at radius 3 is 2.62 bits per heavy atom. The van der Waals surface area contributed by atoms with Gasteiger partial charge in [0, 0.05) is 18.1 Å². The van der Waals surface area contributed by atoms with Gasteiger partial charge in [-0.05, 0) is 12.3 Å². The first-order valence-electron chi connectivity index (χ1n) is 13.7. The first-order chi connectivity index (χ1) is 21.4. The minimum atomic E-state index is -5.07. The highest BCUT2D eigenvalue weighted by molar-refractivity contribution is 7.47. The molecule has 0 amide bonds. The third-order valence-corrected chi connectivity index (χ3v) is 10.9. The Morgan fingerprint density at radius 2 is 1.80 bits per heavy atom. The summed E-state index contributed by atoms with van der Waals surface area (Å²) in [6.45, 7) is -1.53. The van der Waals surface area contributed by atoms with Crippen LogP contribution in [0.2, 0.25) is 0 Å². The van der Waals surface area contributed by atoms with E-state index in [-0.39, 0.29) is 47.1 Å². The monoisotopic (exact) mass is 672 g/mol. The highest BCUT2D eigenvalue weighted by atomic mass is 31.2. The second-order valence-corrected chi connectivity index (χ2v) is 14.2. The van der Waals surface area contributed by atoms with Gasteiger partial charge in [-0.1, -0.05) is 0 Å². The zero-order chi connectivity index (χ0) is 31.5. The predicted octanol–water partition coefficient (Wildman–Crippen LogP) is 1.75. The third kappa shape index (κ3) is 4.54. The number of anilines is 1. The second-order valence-electron chi connectivity index (χ2n) is 11.4. The van der Waals surface area contributed by atoms with Gasteiger partial charge in [-0.15, -0.1) is 0 Å². The van der Waals surface area contributed by atoms with Crippen LogP contribution in [0.1, 0.15) is 35.6 Å². The van der Waals surface area contributed by atoms with Crippen molar-refractivity contribution in [3.8, 4) is 0 Å². The van der Waals surface area contributed by atoms with Gasteiger partial charge >= 0.3 is 15.6 Å². The SMILES string of the molecule is Nc1ncnc2c1ncn2[C@H]1[C@H](F)[C@@H]2OP(=O)(O)OC[C@H]3O[C@@H](n4cnc5c4N=CCC5=O)[C@H](F)[C@@H]3OP(=O)(O)OC[C@@]23C[C@H]13. The van der Waals surface area contributed by atoms with Gasteiger partial charge in [0.25, 0.3) is 0 Å². The lowest BCUT2D eigenvalue weighted by molar-refractivity contribution is -0.0595. The number of rotatable bonds is 2. The number of halogens is 2. The minimum Gasteiger partial charge on any atom is -0.382 e. The molecule has 2 saturated carbocycles. The lowest BCUT2D eigenvalue weighted by Crippen LogP contribution is -2.38. The van der Waals surface area contributed by atoms with Gasteiger partial charge < -0.3 is 24.8 Å². The average Bonchev–Trinajstić information content (AvgIpc) is 3.27. The van der Waals surface area contributed by atoms with Crippen LogP contribution in [0.3, 0.4) is 0 Å². The van der Waals surface area contributed by atoms with E-state index in [0.717, 1.165) is 10.9 Å². The molecule has 2 unspecified atom stereocenters. The molecule has 1 spiro atoms. The molecule has 3 aromatic rings. The van der Waals surface area contributed by atoms with Crippen molar-refractivity contribution in [3.05, 3.63) is 24.7 Å². The maximum Gasteiger partial charge on any atom is 0.472 e. The molecule has 2 saturated heterocycles. The molecule has 3 aromatic heterocycles. The number of imidazole rings is 2. The highest BCUT2D eigenvalue weighted by Crippen LogP contribution is 2.72. The molecule has 240 valence electrons. The molecule has 4 fully saturated rings. The van der Waals surface area contributed by atoms with Crippen LogP contribution in [0.25, 0.3) is 11.2 Å². The van der Waals surface area contributed by atoms with E-state index in [9.17, 15) is 23.7 Å². The van der Waals surface area contributed by atoms with Gasteiger partial charge in [0.1, 0.15) is 36.3 Å². The van der Waals surface area contributed by atoms with Crippen LogP contribution in [0.5, 0.6) is 0 Å². The summed E-state index contributed by atoms with van der Waals surface area (Å²) >= 11 is 0. The van der Waals surface area contributed by atoms with Crippen LogP contribution in [0, 0.1) is 11.3 Å². The number of nitrogens with zero attached hydrogens (tertiary/aromatic N) is 7. The Morgan fingerprint density at radius 1 is 1.02 bits per heavy atom. The van der Waals surface area contributed by atoms with Crippen molar-refractivity contribution in [2.45, 2.75) is 55.8 Å². The van der Waals surface area contributed by atoms with Crippen molar-refractivity contribution in [3.63, 3.8) is 0 Å². The molecule has 45 heavy (non-hydrogen) atoms. The van der Waals surface area contributed by atoms with Crippen molar-refractivity contribution in [1.29, 1.82) is 0 Å². The summed E-state index contributed by atoms with van der Waals surface area (Å²) in [5.74, 6) is -0.941. The summed E-state index contributed by atoms with van der Waals surface area (Å²) in [5, 5.41) is 0. The quantitative estimate of drug-likeness (QED) is 0.329. The van der Waals surface area contributed by atoms with E-state index in [1.165, 1.54) is 23.4 Å². The number of phosphoric ester groups is 2. The predicted molar refractivity (Wildman–Crippen MR) is 144 cm³/mol. The summed E-state index contributed by atoms with van der Waals surface area (Å²) in [7, 11) is -10.1. The molecule has 5 aliphatic rings. The van der Waals surface area contributed by atoms with Crippen molar-refractivity contribution >= 4 is 50.4 Å². The largest absolute Gasteiger partial charge is 0.472 e. The van der Waals surface area contributed by atoms with Gasteiger partial charge in [-0.2, -0.15) is 0 Å². The highest BCUT2D eigenvalue weighted by Gasteiger charge is 2.75. The normalized spacial score (nSPS) is 42.8. The lowest BCUT2D eigenvalue weighted by Gasteiger charge is -2.30. The van der Waals surface area contributed by atoms with E-state index in [1.807, 2.05) is 0 Å². The number of carbonyl (C=O) groups excluding carboxylic acids is 1. The first-order valence-corrected chi connectivity index (χ1v) is 16.7. The maximum atomic E-state index is 16.2. The fourth-order valence-corrected chi connectivity index (χ4v) is 8.82. The molecule has 11 atom stereocenters. The number of nitrogens with two attached hydrogens (primary N) is 1. The number of hydrogen-bond acceptors (Lipinski definition) is 14. The van der Waals surface area contributed by atoms with Crippen LogP contribution < -0.4 is 5.73 Å². The van der Waals surface area contributed by atoms with E-state index in [1.54, 1.807) is 0 Å². The molecule has 0 aromatic carbocycles. The summed E-state index contributed by atoms with van der Waals surface area (Å²) in [4.78, 5) is 53.8. The number of phosphoric acid groups is 2. The summed E-state index contributed by atoms with van der Waals surface area (Å²) in [6, 6.07) is -1.05. The molecule has 22 heteroatoms. The van der Waals surface area contributed by atoms with Crippen LogP contribution in [0.4, 0.5) is 20.4 Å². The van der Waals surface area contributed by atoms with Crippen LogP contribution in [-0.4, -0.2) is 94.7 Å². The molecule has 3 aliphatic heterocycles. The minimum absolute atomic E-state index is 0.000646. The number of ketones is 1. The number of alkyl halides is 2. The Hall–Kier alpha value is -3.06. The maximum absolute atomic E-state index is 16.2. The Labute approximate surface area is 250 Å². The zero-order valence-electron chi connectivity index (χ0n) is 22.8. The molecule has 0 radical (unpaired) electrons. The number of Topliss-reactive ketones (excluding diaryl/α,β-unsaturated/α-hetero) is 1. The third-order valence-electron chi connectivity index (χ3n) is 8.94. The van der Waals surface area contributed by atoms with E-state index in [2.05, 4.69) is 24.9 Å². The number of ether oxygens (including phenoxy) is 1. The van der Waals surface area contributed by atoms with E-state index in [4.69, 9.17) is 28.6 Å². The van der Waals surface area contributed by atoms with E-state index >= 15 is 8.78 Å². The Bertz CT molecular complexity index is 1860. The van der Waals surface area contributed by atoms with Gasteiger partial charge in [0.2, 0.25) is 0 Å². The zero-order valence-corrected chi connectivity index (χ0v) is 24.6. The van der Waals surface area contributed by atoms with E-state index < -0.39 is 83.1 Å². The number of carbonyl (C=O) groups is 1. The Kier molecular flexibility index (Phi) is 6.50. The molecule has 4 N–H and O–H groups in total. The summed E-state index contributed by atoms with van der Waals surface area (Å²) in [6.07, 6.45) is -5.75. The van der Waals surface area contributed by atoms with Gasteiger partial charge in [-0.3, -0.25) is 27.5 Å². The topological polar surface area (TPSA) is 238 Å². The number of nitrogen functional groups attached to an aromatic ring is 1. The molecular formula is C23H24F2N8O10P2. The average molecular weight is 672 g/mol. The van der Waals surface area contributed by atoms with Crippen molar-refractivity contribution in [2.24, 2.45) is 16.3 Å².